The maximum absolute atomic E-state index is 12.6. The van der Waals surface area contributed by atoms with Gasteiger partial charge in [0.05, 0.1) is 6.61 Å². The zero-order chi connectivity index (χ0) is 23.9. The molecule has 0 radical (unpaired) electrons. The van der Waals surface area contributed by atoms with Gasteiger partial charge in [-0.15, -0.1) is 0 Å². The highest BCUT2D eigenvalue weighted by Gasteiger charge is 2.27. The van der Waals surface area contributed by atoms with Crippen molar-refractivity contribution in [3.63, 3.8) is 0 Å². The Hall–Kier alpha value is -3.70. The molecule has 0 bridgehead atoms. The average molecular weight is 477 g/mol. The number of fused-ring (bicyclic) bond motifs is 1. The number of carbonyl (C=O) groups is 1. The number of rotatable bonds is 9. The fourth-order valence-corrected chi connectivity index (χ4v) is 3.68. The second kappa shape index (κ2) is 10.9. The SMILES string of the molecule is CCCC(=O)Oc1c(Oc2ccccc2)c(Oc2ccccc2)c(OCC)c2cc(Cl)ccc12. The Morgan fingerprint density at radius 2 is 1.32 bits per heavy atom. The first-order valence-corrected chi connectivity index (χ1v) is 11.6. The molecule has 34 heavy (non-hydrogen) atoms. The first kappa shape index (κ1) is 23.5. The minimum absolute atomic E-state index is 0.248. The third-order valence-electron chi connectivity index (χ3n) is 4.97. The molecule has 0 saturated heterocycles. The number of hydrogen-bond donors (Lipinski definition) is 0. The number of hydrogen-bond acceptors (Lipinski definition) is 5. The van der Waals surface area contributed by atoms with Crippen molar-refractivity contribution in [1.82, 2.24) is 0 Å². The summed E-state index contributed by atoms with van der Waals surface area (Å²) in [6, 6.07) is 23.8. The van der Waals surface area contributed by atoms with Gasteiger partial charge in [-0.05, 0) is 55.8 Å². The smallest absolute Gasteiger partial charge is 0.311 e. The Kier molecular flexibility index (Phi) is 7.55. The van der Waals surface area contributed by atoms with Crippen molar-refractivity contribution in [2.24, 2.45) is 0 Å². The van der Waals surface area contributed by atoms with Gasteiger partial charge in [0.15, 0.2) is 11.5 Å². The van der Waals surface area contributed by atoms with E-state index in [4.69, 9.17) is 30.5 Å². The largest absolute Gasteiger partial charge is 0.489 e. The lowest BCUT2D eigenvalue weighted by atomic mass is 10.1. The zero-order valence-corrected chi connectivity index (χ0v) is 19.8. The van der Waals surface area contributed by atoms with Crippen LogP contribution in [0.25, 0.3) is 10.8 Å². The van der Waals surface area contributed by atoms with Gasteiger partial charge >= 0.3 is 5.97 Å². The van der Waals surface area contributed by atoms with E-state index in [2.05, 4.69) is 0 Å². The Labute approximate surface area is 203 Å². The van der Waals surface area contributed by atoms with Gasteiger partial charge in [-0.25, -0.2) is 0 Å². The highest BCUT2D eigenvalue weighted by molar-refractivity contribution is 6.31. The number of esters is 1. The summed E-state index contributed by atoms with van der Waals surface area (Å²) >= 11 is 6.35. The van der Waals surface area contributed by atoms with Crippen LogP contribution < -0.4 is 18.9 Å². The van der Waals surface area contributed by atoms with Gasteiger partial charge in [-0.3, -0.25) is 4.79 Å². The Bertz CT molecular complexity index is 1270. The summed E-state index contributed by atoms with van der Waals surface area (Å²) in [5.41, 5.74) is 0. The molecule has 0 N–H and O–H groups in total. The molecule has 0 unspecified atom stereocenters. The normalized spacial score (nSPS) is 10.7. The third kappa shape index (κ3) is 5.26. The Balaban J connectivity index is 2.02. The molecule has 0 aliphatic carbocycles. The molecule has 0 amide bonds. The van der Waals surface area contributed by atoms with Crippen LogP contribution in [0.2, 0.25) is 5.02 Å². The fourth-order valence-electron chi connectivity index (χ4n) is 3.51. The van der Waals surface area contributed by atoms with E-state index in [1.807, 2.05) is 74.5 Å². The molecule has 0 aliphatic rings. The van der Waals surface area contributed by atoms with E-state index in [0.717, 1.165) is 0 Å². The molecule has 0 saturated carbocycles. The summed E-state index contributed by atoms with van der Waals surface area (Å²) in [6.07, 6.45) is 0.920. The van der Waals surface area contributed by atoms with Gasteiger partial charge in [0, 0.05) is 22.2 Å². The predicted molar refractivity (Wildman–Crippen MR) is 134 cm³/mol. The second-order valence-corrected chi connectivity index (χ2v) is 7.93. The lowest BCUT2D eigenvalue weighted by molar-refractivity contribution is -0.134. The minimum Gasteiger partial charge on any atom is -0.489 e. The van der Waals surface area contributed by atoms with Crippen molar-refractivity contribution in [3.05, 3.63) is 83.9 Å². The summed E-state index contributed by atoms with van der Waals surface area (Å²) < 4.78 is 24.6. The molecule has 0 aromatic heterocycles. The van der Waals surface area contributed by atoms with Crippen molar-refractivity contribution in [2.45, 2.75) is 26.7 Å². The van der Waals surface area contributed by atoms with Gasteiger partial charge < -0.3 is 18.9 Å². The molecule has 0 heterocycles. The Morgan fingerprint density at radius 1 is 0.735 bits per heavy atom. The number of benzene rings is 4. The van der Waals surface area contributed by atoms with Crippen LogP contribution in [0, 0.1) is 0 Å². The molecule has 4 aromatic carbocycles. The molecule has 5 nitrogen and oxygen atoms in total. The summed E-state index contributed by atoms with van der Waals surface area (Å²) in [5, 5.41) is 1.80. The van der Waals surface area contributed by atoms with E-state index >= 15 is 0 Å². The standard InChI is InChI=1S/C28H25ClO5/c1-3-11-24(30)34-26-22-17-16-19(29)18-23(22)25(31-4-2)27(32-20-12-7-5-8-13-20)28(26)33-21-14-9-6-10-15-21/h5-10,12-18H,3-4,11H2,1-2H3. The lowest BCUT2D eigenvalue weighted by Gasteiger charge is -2.22. The van der Waals surface area contributed by atoms with Crippen LogP contribution in [0.3, 0.4) is 0 Å². The van der Waals surface area contributed by atoms with Crippen LogP contribution in [0.4, 0.5) is 0 Å². The summed E-state index contributed by atoms with van der Waals surface area (Å²) in [6.45, 7) is 4.19. The van der Waals surface area contributed by atoms with E-state index in [0.29, 0.717) is 51.8 Å². The first-order chi connectivity index (χ1) is 16.6. The minimum atomic E-state index is -0.369. The molecule has 174 valence electrons. The van der Waals surface area contributed by atoms with Gasteiger partial charge in [0.25, 0.3) is 0 Å². The molecule has 0 atom stereocenters. The first-order valence-electron chi connectivity index (χ1n) is 11.2. The van der Waals surface area contributed by atoms with Crippen molar-refractivity contribution in [3.8, 4) is 34.5 Å². The van der Waals surface area contributed by atoms with Crippen molar-refractivity contribution < 1.29 is 23.7 Å². The molecular formula is C28H25ClO5. The molecular weight excluding hydrogens is 452 g/mol. The maximum Gasteiger partial charge on any atom is 0.311 e. The molecule has 6 heteroatoms. The molecule has 0 aliphatic heterocycles. The van der Waals surface area contributed by atoms with Crippen LogP contribution in [-0.4, -0.2) is 12.6 Å². The number of ether oxygens (including phenoxy) is 4. The summed E-state index contributed by atoms with van der Waals surface area (Å²) in [4.78, 5) is 12.6. The van der Waals surface area contributed by atoms with Gasteiger partial charge in [0.1, 0.15) is 11.5 Å². The number of para-hydroxylation sites is 2. The summed E-state index contributed by atoms with van der Waals surface area (Å²) in [7, 11) is 0. The second-order valence-electron chi connectivity index (χ2n) is 7.49. The maximum atomic E-state index is 12.6. The number of halogens is 1. The van der Waals surface area contributed by atoms with Crippen molar-refractivity contribution >= 4 is 28.3 Å². The van der Waals surface area contributed by atoms with Crippen LogP contribution in [0.15, 0.2) is 78.9 Å². The molecule has 0 spiro atoms. The quantitative estimate of drug-likeness (QED) is 0.180. The van der Waals surface area contributed by atoms with Crippen LogP contribution in [-0.2, 0) is 4.79 Å². The van der Waals surface area contributed by atoms with Crippen molar-refractivity contribution in [1.29, 1.82) is 0 Å². The van der Waals surface area contributed by atoms with E-state index in [1.54, 1.807) is 18.2 Å². The van der Waals surface area contributed by atoms with Crippen LogP contribution >= 0.6 is 11.6 Å². The van der Waals surface area contributed by atoms with E-state index in [-0.39, 0.29) is 23.9 Å². The highest BCUT2D eigenvalue weighted by Crippen LogP contribution is 2.54. The van der Waals surface area contributed by atoms with Crippen LogP contribution in [0.1, 0.15) is 26.7 Å². The summed E-state index contributed by atoms with van der Waals surface area (Å²) in [5.74, 6) is 2.01. The van der Waals surface area contributed by atoms with E-state index in [1.165, 1.54) is 0 Å². The van der Waals surface area contributed by atoms with Gasteiger partial charge in [-0.1, -0.05) is 54.9 Å². The Morgan fingerprint density at radius 3 is 1.88 bits per heavy atom. The third-order valence-corrected chi connectivity index (χ3v) is 5.21. The monoisotopic (exact) mass is 476 g/mol. The highest BCUT2D eigenvalue weighted by atomic mass is 35.5. The van der Waals surface area contributed by atoms with Crippen LogP contribution in [0.5, 0.6) is 34.5 Å². The molecule has 4 aromatic rings. The predicted octanol–water partition coefficient (Wildman–Crippen LogP) is 8.18. The molecule has 4 rings (SSSR count). The van der Waals surface area contributed by atoms with E-state index < -0.39 is 0 Å². The van der Waals surface area contributed by atoms with Gasteiger partial charge in [-0.2, -0.15) is 0 Å². The van der Waals surface area contributed by atoms with Crippen molar-refractivity contribution in [2.75, 3.05) is 6.61 Å². The van der Waals surface area contributed by atoms with Gasteiger partial charge in [0.2, 0.25) is 11.5 Å². The fraction of sp³-hybridized carbons (Fsp3) is 0.179. The average Bonchev–Trinajstić information content (AvgIpc) is 2.84. The molecule has 0 fully saturated rings. The van der Waals surface area contributed by atoms with E-state index in [9.17, 15) is 4.79 Å². The zero-order valence-electron chi connectivity index (χ0n) is 19.0. The lowest BCUT2D eigenvalue weighted by Crippen LogP contribution is -2.09. The topological polar surface area (TPSA) is 54.0 Å². The number of carbonyl (C=O) groups excluding carboxylic acids is 1.